The van der Waals surface area contributed by atoms with Gasteiger partial charge in [0.2, 0.25) is 0 Å². The second kappa shape index (κ2) is 9.43. The Kier molecular flexibility index (Phi) is 6.71. The van der Waals surface area contributed by atoms with Gasteiger partial charge in [-0.05, 0) is 75.1 Å². The Morgan fingerprint density at radius 1 is 1.11 bits per heavy atom. The molecular weight excluding hydrogens is 462 g/mol. The molecule has 1 N–H and O–H groups in total. The van der Waals surface area contributed by atoms with Crippen LogP contribution in [0, 0.1) is 20.8 Å². The lowest BCUT2D eigenvalue weighted by Gasteiger charge is -2.35. The molecule has 2 aromatic carbocycles. The van der Waals surface area contributed by atoms with Crippen LogP contribution in [0.4, 0.5) is 0 Å². The Balaban J connectivity index is 1.79. The van der Waals surface area contributed by atoms with Gasteiger partial charge in [0.25, 0.3) is 15.9 Å². The van der Waals surface area contributed by atoms with Crippen molar-refractivity contribution in [2.45, 2.75) is 58.3 Å². The maximum absolute atomic E-state index is 13.8. The number of aryl methyl sites for hydroxylation is 3. The molecule has 0 saturated carbocycles. The fraction of sp³-hybridized carbons (Fsp3) is 0.333. The molecule has 3 aromatic rings. The van der Waals surface area contributed by atoms with Crippen molar-refractivity contribution in [3.8, 4) is 5.75 Å². The highest BCUT2D eigenvalue weighted by atomic mass is 32.2. The monoisotopic (exact) mass is 493 g/mol. The predicted molar refractivity (Wildman–Crippen MR) is 134 cm³/mol. The highest BCUT2D eigenvalue weighted by Crippen LogP contribution is 2.44. The smallest absolute Gasteiger partial charge is 0.281 e. The van der Waals surface area contributed by atoms with Crippen molar-refractivity contribution < 1.29 is 17.9 Å². The second-order valence-corrected chi connectivity index (χ2v) is 10.8. The molecule has 7 nitrogen and oxygen atoms in total. The van der Waals surface area contributed by atoms with Gasteiger partial charge in [0, 0.05) is 24.8 Å². The summed E-state index contributed by atoms with van der Waals surface area (Å²) in [5.74, 6) is 0.0782. The zero-order valence-corrected chi connectivity index (χ0v) is 21.6. The summed E-state index contributed by atoms with van der Waals surface area (Å²) < 4.78 is 34.1. The first-order chi connectivity index (χ1) is 16.6. The zero-order valence-electron chi connectivity index (χ0n) is 20.8. The van der Waals surface area contributed by atoms with Crippen molar-refractivity contribution in [3.05, 3.63) is 88.1 Å². The fourth-order valence-corrected chi connectivity index (χ4v) is 5.91. The third-order valence-corrected chi connectivity index (χ3v) is 7.96. The number of fused-ring (bicyclic) bond motifs is 1. The minimum Gasteiger partial charge on any atom is -0.494 e. The van der Waals surface area contributed by atoms with Crippen LogP contribution in [0.1, 0.15) is 47.2 Å². The Morgan fingerprint density at radius 2 is 1.83 bits per heavy atom. The van der Waals surface area contributed by atoms with Gasteiger partial charge in [0.1, 0.15) is 11.3 Å². The largest absolute Gasteiger partial charge is 0.494 e. The van der Waals surface area contributed by atoms with E-state index in [-0.39, 0.29) is 5.03 Å². The molecule has 0 spiro atoms. The van der Waals surface area contributed by atoms with Gasteiger partial charge in [0.15, 0.2) is 5.03 Å². The van der Waals surface area contributed by atoms with E-state index in [4.69, 9.17) is 4.74 Å². The van der Waals surface area contributed by atoms with Crippen molar-refractivity contribution in [1.82, 2.24) is 14.6 Å². The van der Waals surface area contributed by atoms with Crippen LogP contribution in [-0.4, -0.2) is 30.8 Å². The third-order valence-electron chi connectivity index (χ3n) is 6.71. The standard InChI is InChI=1S/C27H31N3O4S/c1-6-34-24-11-9-10-23-22(24)17-30(16-21-19(3)14-18(2)15-20(21)4)27(23,5)26(31)29-35(32,33)25-12-7-8-13-28-25/h7-15H,6,16-17H2,1-5H3,(H,29,31). The summed E-state index contributed by atoms with van der Waals surface area (Å²) in [7, 11) is -4.14. The van der Waals surface area contributed by atoms with Crippen molar-refractivity contribution in [3.63, 3.8) is 0 Å². The maximum atomic E-state index is 13.8. The number of benzene rings is 2. The maximum Gasteiger partial charge on any atom is 0.281 e. The first kappa shape index (κ1) is 24.9. The van der Waals surface area contributed by atoms with Crippen LogP contribution in [0.3, 0.4) is 0 Å². The molecule has 4 rings (SSSR count). The molecule has 8 heteroatoms. The highest BCUT2D eigenvalue weighted by Gasteiger charge is 2.49. The molecule has 1 aliphatic rings. The van der Waals surface area contributed by atoms with Gasteiger partial charge in [0.05, 0.1) is 6.61 Å². The minimum absolute atomic E-state index is 0.199. The number of hydrogen-bond donors (Lipinski definition) is 1. The Bertz CT molecular complexity index is 1350. The molecule has 0 radical (unpaired) electrons. The van der Waals surface area contributed by atoms with Gasteiger partial charge >= 0.3 is 0 Å². The average molecular weight is 494 g/mol. The molecule has 0 aliphatic carbocycles. The Labute approximate surface area is 207 Å². The fourth-order valence-electron chi connectivity index (χ4n) is 4.90. The van der Waals surface area contributed by atoms with E-state index in [0.717, 1.165) is 27.8 Å². The molecule has 1 amide bonds. The normalized spacial score (nSPS) is 17.7. The SMILES string of the molecule is CCOc1cccc2c1CN(Cc1c(C)cc(C)cc1C)C2(C)C(=O)NS(=O)(=O)c1ccccn1. The summed E-state index contributed by atoms with van der Waals surface area (Å²) in [4.78, 5) is 19.8. The predicted octanol–water partition coefficient (Wildman–Crippen LogP) is 4.14. The summed E-state index contributed by atoms with van der Waals surface area (Å²) in [6.45, 7) is 11.3. The number of carbonyl (C=O) groups is 1. The summed E-state index contributed by atoms with van der Waals surface area (Å²) >= 11 is 0. The zero-order chi connectivity index (χ0) is 25.4. The van der Waals surface area contributed by atoms with Gasteiger partial charge in [-0.15, -0.1) is 0 Å². The summed E-state index contributed by atoms with van der Waals surface area (Å²) in [6.07, 6.45) is 1.38. The topological polar surface area (TPSA) is 88.6 Å². The molecule has 35 heavy (non-hydrogen) atoms. The van der Waals surface area contributed by atoms with Crippen LogP contribution >= 0.6 is 0 Å². The lowest BCUT2D eigenvalue weighted by Crippen LogP contribution is -2.52. The Hall–Kier alpha value is -3.23. The number of sulfonamides is 1. The number of nitrogens with one attached hydrogen (secondary N) is 1. The number of nitrogens with zero attached hydrogens (tertiary/aromatic N) is 2. The van der Waals surface area contributed by atoms with E-state index >= 15 is 0 Å². The number of amides is 1. The lowest BCUT2D eigenvalue weighted by atomic mass is 9.89. The van der Waals surface area contributed by atoms with E-state index in [1.807, 2.05) is 30.0 Å². The number of hydrogen-bond acceptors (Lipinski definition) is 6. The molecule has 1 aliphatic heterocycles. The van der Waals surface area contributed by atoms with Gasteiger partial charge in [-0.1, -0.05) is 35.9 Å². The number of pyridine rings is 1. The van der Waals surface area contributed by atoms with Crippen LogP contribution < -0.4 is 9.46 Å². The number of aromatic nitrogens is 1. The molecule has 184 valence electrons. The molecule has 1 unspecified atom stereocenters. The number of rotatable bonds is 7. The second-order valence-electron chi connectivity index (χ2n) is 9.12. The van der Waals surface area contributed by atoms with Gasteiger partial charge in [-0.3, -0.25) is 9.69 Å². The summed E-state index contributed by atoms with van der Waals surface area (Å²) in [6, 6.07) is 14.4. The van der Waals surface area contributed by atoms with Gasteiger partial charge in [-0.25, -0.2) is 9.71 Å². The average Bonchev–Trinajstić information content (AvgIpc) is 3.10. The lowest BCUT2D eigenvalue weighted by molar-refractivity contribution is -0.131. The van der Waals surface area contributed by atoms with Crippen molar-refractivity contribution in [2.24, 2.45) is 0 Å². The molecule has 1 atom stereocenters. The van der Waals surface area contributed by atoms with Crippen LogP contribution in [-0.2, 0) is 33.4 Å². The molecular formula is C27H31N3O4S. The van der Waals surface area contributed by atoms with E-state index in [9.17, 15) is 13.2 Å². The first-order valence-electron chi connectivity index (χ1n) is 11.6. The van der Waals surface area contributed by atoms with E-state index in [1.54, 1.807) is 19.1 Å². The number of carbonyl (C=O) groups excluding carboxylic acids is 1. The Morgan fingerprint density at radius 3 is 2.46 bits per heavy atom. The van der Waals surface area contributed by atoms with Crippen LogP contribution in [0.25, 0.3) is 0 Å². The van der Waals surface area contributed by atoms with E-state index < -0.39 is 21.5 Å². The quantitative estimate of drug-likeness (QED) is 0.532. The van der Waals surface area contributed by atoms with Gasteiger partial charge < -0.3 is 4.74 Å². The van der Waals surface area contributed by atoms with E-state index in [0.29, 0.717) is 25.4 Å². The van der Waals surface area contributed by atoms with Gasteiger partial charge in [-0.2, -0.15) is 8.42 Å². The van der Waals surface area contributed by atoms with E-state index in [1.165, 1.54) is 17.8 Å². The molecule has 0 fully saturated rings. The molecule has 0 saturated heterocycles. The number of ether oxygens (including phenoxy) is 1. The van der Waals surface area contributed by atoms with Crippen molar-refractivity contribution in [1.29, 1.82) is 0 Å². The third kappa shape index (κ3) is 4.56. The first-order valence-corrected chi connectivity index (χ1v) is 13.1. The van der Waals surface area contributed by atoms with E-state index in [2.05, 4.69) is 42.6 Å². The minimum atomic E-state index is -4.14. The van der Waals surface area contributed by atoms with Crippen LogP contribution in [0.2, 0.25) is 0 Å². The molecule has 0 bridgehead atoms. The van der Waals surface area contributed by atoms with Crippen LogP contribution in [0.15, 0.2) is 59.8 Å². The molecule has 1 aromatic heterocycles. The summed E-state index contributed by atoms with van der Waals surface area (Å²) in [5.41, 5.74) is 4.94. The van der Waals surface area contributed by atoms with Crippen molar-refractivity contribution >= 4 is 15.9 Å². The van der Waals surface area contributed by atoms with Crippen molar-refractivity contribution in [2.75, 3.05) is 6.61 Å². The highest BCUT2D eigenvalue weighted by molar-refractivity contribution is 7.90. The summed E-state index contributed by atoms with van der Waals surface area (Å²) in [5, 5.41) is -0.199. The van der Waals surface area contributed by atoms with Crippen LogP contribution in [0.5, 0.6) is 5.75 Å². The molecule has 2 heterocycles.